The van der Waals surface area contributed by atoms with E-state index in [0.717, 1.165) is 4.90 Å². The molecule has 1 aromatic carbocycles. The van der Waals surface area contributed by atoms with Gasteiger partial charge in [0.05, 0.1) is 12.9 Å². The molecule has 1 aromatic rings. The monoisotopic (exact) mass is 306 g/mol. The molecule has 0 atom stereocenters. The molecule has 21 heavy (non-hydrogen) atoms. The van der Waals surface area contributed by atoms with E-state index in [4.69, 9.17) is 16.9 Å². The van der Waals surface area contributed by atoms with E-state index in [9.17, 15) is 4.79 Å². The second-order valence-electron chi connectivity index (χ2n) is 4.67. The molecule has 114 valence electrons. The molecule has 0 heterocycles. The Labute approximate surface area is 130 Å². The molecule has 0 aliphatic heterocycles. The molecule has 3 N–H and O–H groups in total. The molecule has 0 saturated carbocycles. The maximum absolute atomic E-state index is 12.1. The summed E-state index contributed by atoms with van der Waals surface area (Å²) in [5.74, 6) is 3.57. The summed E-state index contributed by atoms with van der Waals surface area (Å²) in [7, 11) is 1.59. The van der Waals surface area contributed by atoms with Gasteiger partial charge < -0.3 is 15.8 Å². The normalized spacial score (nSPS) is 10.8. The van der Waals surface area contributed by atoms with Crippen molar-refractivity contribution in [1.29, 1.82) is 0 Å². The van der Waals surface area contributed by atoms with Crippen LogP contribution >= 0.6 is 11.8 Å². The Morgan fingerprint density at radius 2 is 2.14 bits per heavy atom. The van der Waals surface area contributed by atoms with Gasteiger partial charge in [0, 0.05) is 10.6 Å². The Morgan fingerprint density at radius 3 is 2.67 bits per heavy atom. The number of thioether (sulfide) groups is 1. The van der Waals surface area contributed by atoms with Gasteiger partial charge in [-0.15, -0.1) is 18.2 Å². The van der Waals surface area contributed by atoms with E-state index in [2.05, 4.69) is 11.2 Å². The van der Waals surface area contributed by atoms with Gasteiger partial charge in [0.2, 0.25) is 5.91 Å². The minimum atomic E-state index is -0.558. The summed E-state index contributed by atoms with van der Waals surface area (Å²) in [5.41, 5.74) is 5.97. The van der Waals surface area contributed by atoms with Crippen LogP contribution in [0, 0.1) is 12.3 Å². The molecule has 1 rings (SSSR count). The molecule has 0 radical (unpaired) electrons. The number of methoxy groups -OCH3 is 1. The number of nitrogens with two attached hydrogens (primary N) is 1. The molecule has 0 aromatic heterocycles. The van der Waals surface area contributed by atoms with E-state index in [1.165, 1.54) is 11.8 Å². The Kier molecular flexibility index (Phi) is 6.44. The summed E-state index contributed by atoms with van der Waals surface area (Å²) < 4.78 is 5.15. The van der Waals surface area contributed by atoms with E-state index in [1.807, 2.05) is 19.9 Å². The van der Waals surface area contributed by atoms with Crippen molar-refractivity contribution in [2.75, 3.05) is 18.6 Å². The van der Waals surface area contributed by atoms with Crippen LogP contribution in [0.15, 0.2) is 23.1 Å². The lowest BCUT2D eigenvalue weighted by Gasteiger charge is -2.27. The molecule has 0 saturated heterocycles. The van der Waals surface area contributed by atoms with Gasteiger partial charge in [0.1, 0.15) is 11.3 Å². The summed E-state index contributed by atoms with van der Waals surface area (Å²) in [6.07, 6.45) is 6.95. The van der Waals surface area contributed by atoms with Crippen LogP contribution in [0.25, 0.3) is 0 Å². The highest BCUT2D eigenvalue weighted by atomic mass is 32.2. The maximum atomic E-state index is 12.1. The van der Waals surface area contributed by atoms with Crippen molar-refractivity contribution in [2.45, 2.75) is 37.1 Å². The molecule has 0 unspecified atom stereocenters. The largest absolute Gasteiger partial charge is 0.497 e. The highest BCUT2D eigenvalue weighted by Crippen LogP contribution is 2.29. The fraction of sp³-hybridized carbons (Fsp3) is 0.438. The van der Waals surface area contributed by atoms with Crippen molar-refractivity contribution in [2.24, 2.45) is 0 Å². The minimum absolute atomic E-state index is 0.0936. The van der Waals surface area contributed by atoms with Crippen LogP contribution in [-0.2, 0) is 4.79 Å². The number of carbonyl (C=O) groups excluding carboxylic acids is 1. The number of ether oxygens (including phenoxy) is 1. The molecule has 0 fully saturated rings. The van der Waals surface area contributed by atoms with Crippen molar-refractivity contribution in [3.8, 4) is 18.1 Å². The van der Waals surface area contributed by atoms with Gasteiger partial charge >= 0.3 is 0 Å². The Hall–Kier alpha value is -1.80. The number of terminal acetylenes is 1. The van der Waals surface area contributed by atoms with E-state index < -0.39 is 5.54 Å². The molecule has 0 spiro atoms. The van der Waals surface area contributed by atoms with Crippen molar-refractivity contribution >= 4 is 23.4 Å². The predicted octanol–water partition coefficient (Wildman–Crippen LogP) is 2.68. The van der Waals surface area contributed by atoms with Gasteiger partial charge in [0.15, 0.2) is 0 Å². The van der Waals surface area contributed by atoms with Crippen LogP contribution in [0.4, 0.5) is 5.69 Å². The standard InChI is InChI=1S/C16H22N2O2S/c1-5-16(6-2,7-3)18-15(19)11-21-14-10-12(20-4)8-9-13(14)17/h1,8-10H,6-7,11,17H2,2-4H3,(H,18,19). The van der Waals surface area contributed by atoms with Gasteiger partial charge in [-0.2, -0.15) is 0 Å². The fourth-order valence-electron chi connectivity index (χ4n) is 1.88. The van der Waals surface area contributed by atoms with Crippen molar-refractivity contribution in [3.05, 3.63) is 18.2 Å². The molecular weight excluding hydrogens is 284 g/mol. The number of nitrogens with one attached hydrogen (secondary N) is 1. The fourth-order valence-corrected chi connectivity index (χ4v) is 2.67. The number of amides is 1. The average molecular weight is 306 g/mol. The number of nitrogen functional groups attached to an aromatic ring is 1. The first kappa shape index (κ1) is 17.3. The first-order valence-electron chi connectivity index (χ1n) is 6.85. The van der Waals surface area contributed by atoms with Gasteiger partial charge in [0.25, 0.3) is 0 Å². The van der Waals surface area contributed by atoms with Crippen LogP contribution < -0.4 is 15.8 Å². The molecule has 0 aliphatic carbocycles. The number of anilines is 1. The van der Waals surface area contributed by atoms with Crippen molar-refractivity contribution < 1.29 is 9.53 Å². The van der Waals surface area contributed by atoms with Crippen molar-refractivity contribution in [3.63, 3.8) is 0 Å². The Morgan fingerprint density at radius 1 is 1.48 bits per heavy atom. The third kappa shape index (κ3) is 4.61. The number of rotatable bonds is 7. The topological polar surface area (TPSA) is 64.3 Å². The minimum Gasteiger partial charge on any atom is -0.497 e. The Bertz CT molecular complexity index is 534. The SMILES string of the molecule is C#CC(CC)(CC)NC(=O)CSc1cc(OC)ccc1N. The number of carbonyl (C=O) groups is 1. The summed E-state index contributed by atoms with van der Waals surface area (Å²) in [6.45, 7) is 3.94. The van der Waals surface area contributed by atoms with E-state index in [1.54, 1.807) is 19.2 Å². The summed E-state index contributed by atoms with van der Waals surface area (Å²) in [5, 5.41) is 2.93. The quantitative estimate of drug-likeness (QED) is 0.462. The predicted molar refractivity (Wildman–Crippen MR) is 88.4 cm³/mol. The van der Waals surface area contributed by atoms with Gasteiger partial charge in [-0.1, -0.05) is 19.8 Å². The van der Waals surface area contributed by atoms with Crippen molar-refractivity contribution in [1.82, 2.24) is 5.32 Å². The van der Waals surface area contributed by atoms with Gasteiger partial charge in [-0.25, -0.2) is 0 Å². The molecule has 1 amide bonds. The zero-order chi connectivity index (χ0) is 15.9. The first-order valence-corrected chi connectivity index (χ1v) is 7.84. The number of hydrogen-bond acceptors (Lipinski definition) is 4. The average Bonchev–Trinajstić information content (AvgIpc) is 2.52. The molecule has 0 bridgehead atoms. The summed E-state index contributed by atoms with van der Waals surface area (Å²) >= 11 is 1.37. The molecular formula is C16H22N2O2S. The smallest absolute Gasteiger partial charge is 0.231 e. The van der Waals surface area contributed by atoms with E-state index >= 15 is 0 Å². The van der Waals surface area contributed by atoms with Crippen LogP contribution in [-0.4, -0.2) is 24.3 Å². The molecule has 5 heteroatoms. The molecule has 0 aliphatic rings. The van der Waals surface area contributed by atoms with Crippen LogP contribution in [0.5, 0.6) is 5.75 Å². The highest BCUT2D eigenvalue weighted by Gasteiger charge is 2.25. The third-order valence-electron chi connectivity index (χ3n) is 3.44. The second-order valence-corrected chi connectivity index (χ2v) is 5.69. The van der Waals surface area contributed by atoms with Gasteiger partial charge in [-0.05, 0) is 31.0 Å². The summed E-state index contributed by atoms with van der Waals surface area (Å²) in [4.78, 5) is 12.9. The zero-order valence-corrected chi connectivity index (χ0v) is 13.5. The third-order valence-corrected chi connectivity index (χ3v) is 4.51. The lowest BCUT2D eigenvalue weighted by Crippen LogP contribution is -2.47. The lowest BCUT2D eigenvalue weighted by atomic mass is 9.94. The first-order chi connectivity index (χ1) is 10.00. The summed E-state index contributed by atoms with van der Waals surface area (Å²) in [6, 6.07) is 5.38. The Balaban J connectivity index is 2.67. The second kappa shape index (κ2) is 7.84. The van der Waals surface area contributed by atoms with Gasteiger partial charge in [-0.3, -0.25) is 4.79 Å². The van der Waals surface area contributed by atoms with Crippen LogP contribution in [0.1, 0.15) is 26.7 Å². The number of hydrogen-bond donors (Lipinski definition) is 2. The van der Waals surface area contributed by atoms with Crippen LogP contribution in [0.2, 0.25) is 0 Å². The van der Waals surface area contributed by atoms with E-state index in [0.29, 0.717) is 24.3 Å². The highest BCUT2D eigenvalue weighted by molar-refractivity contribution is 8.00. The number of benzene rings is 1. The molecule has 4 nitrogen and oxygen atoms in total. The maximum Gasteiger partial charge on any atom is 0.231 e. The van der Waals surface area contributed by atoms with E-state index in [-0.39, 0.29) is 11.7 Å². The zero-order valence-electron chi connectivity index (χ0n) is 12.7. The van der Waals surface area contributed by atoms with Crippen LogP contribution in [0.3, 0.4) is 0 Å². The lowest BCUT2D eigenvalue weighted by molar-refractivity contribution is -0.119.